The van der Waals surface area contributed by atoms with Gasteiger partial charge in [-0.3, -0.25) is 0 Å². The fourth-order valence-electron chi connectivity index (χ4n) is 11.1. The highest BCUT2D eigenvalue weighted by molar-refractivity contribution is 4.77. The Kier molecular flexibility index (Phi) is 82.1. The summed E-state index contributed by atoms with van der Waals surface area (Å²) in [5.74, 6) is 1.50. The molecular weight excluding hydrogens is 1460 g/mol. The van der Waals surface area contributed by atoms with Crippen LogP contribution in [0.2, 0.25) is 0 Å². The molecule has 3 fully saturated rings. The van der Waals surface area contributed by atoms with Crippen LogP contribution < -0.4 is 5.32 Å². The second kappa shape index (κ2) is 74.3. The minimum atomic E-state index is 0.00851. The van der Waals surface area contributed by atoms with Gasteiger partial charge in [-0.05, 0) is 419 Å². The van der Waals surface area contributed by atoms with Crippen LogP contribution in [0.3, 0.4) is 0 Å². The summed E-state index contributed by atoms with van der Waals surface area (Å²) in [6, 6.07) is 0.646. The molecule has 117 heavy (non-hydrogen) atoms. The SMILES string of the molecule is CCN(C)CCCOC(C)(C)C.CCN(C)CCOC(C)(C)C.CCN(CC)CCCOC(C)(C)C.CCN(CC)CCOC.CCN1CCCC(COC(C)(C)C)C1.CN(C)CCCNC(C)(C)C.CN(C)CCCOC(C)(C)C.CN(C)CCOC(C)(C)C.CN1CCCC(COC(C)(C)C)C1.CN1CCCCC1COC(C)(C)C. The highest BCUT2D eigenvalue weighted by Gasteiger charge is 2.25. The Balaban J connectivity index is -0.000000230. The van der Waals surface area contributed by atoms with Gasteiger partial charge in [0.2, 0.25) is 0 Å². The summed E-state index contributed by atoms with van der Waals surface area (Å²) in [6.07, 6.45) is 14.0. The summed E-state index contributed by atoms with van der Waals surface area (Å²) in [5.41, 5.74) is 0.403. The summed E-state index contributed by atoms with van der Waals surface area (Å²) < 4.78 is 50.2. The Bertz CT molecular complexity index is 2020. The lowest BCUT2D eigenvalue weighted by Crippen LogP contribution is -2.41. The van der Waals surface area contributed by atoms with Crippen molar-refractivity contribution in [3.8, 4) is 0 Å². The number of ether oxygens (including phenoxy) is 9. The number of nitrogens with zero attached hydrogens (tertiary/aromatic N) is 10. The molecule has 3 saturated heterocycles. The standard InChI is InChI=1S/C12H25NO.2C11H23NO.C11H25NO.C10H23NO.C9H22N2.2C9H21NO.C8H19NO.C7H17NO/c1-5-13-8-6-7-11(9-13)10-14-12(2,3)4;1-11(2,3)13-9-10-6-5-7-12(4)8-10;1-11(2,3)13-9-10-7-5-6-8-12(10)4;1-6-12(7-2)9-8-10-13-11(3,4)5;1-6-11(5)8-7-9-12-10(2,3)4;1-9(2,3)10-7-6-8-11(4)5;1-9(2,3)11-8-6-7-10(4)5;1-6-10(5)7-8-11-9(2,3)4;1-8(2,3)10-7-6-9(4)5;1-4-8(5-2)6-7-9-3/h11H,5-10H2,1-4H3;2*10H,5-9H2,1-4H3;6-10H2,1-5H3;6-9H2,1-5H3;10H,6-8H2,1-5H3;2*6-8H2,1-5H3;6-7H2,1-5H3;4-7H2,1-3H3. The molecule has 3 heterocycles. The molecule has 0 bridgehead atoms. The zero-order valence-corrected chi connectivity index (χ0v) is 88.2. The summed E-state index contributed by atoms with van der Waals surface area (Å²) in [7, 11) is 22.9. The number of likely N-dealkylation sites (tertiary alicyclic amines) is 3. The van der Waals surface area contributed by atoms with Gasteiger partial charge in [-0.15, -0.1) is 0 Å². The zero-order chi connectivity index (χ0) is 92.4. The molecule has 0 spiro atoms. The third kappa shape index (κ3) is 117. The molecule has 3 rings (SSSR count). The fraction of sp³-hybridized carbons (Fsp3) is 1.00. The van der Waals surface area contributed by atoms with E-state index in [-0.39, 0.29) is 50.3 Å². The first-order valence-corrected chi connectivity index (χ1v) is 46.7. The van der Waals surface area contributed by atoms with E-state index in [9.17, 15) is 0 Å². The summed E-state index contributed by atoms with van der Waals surface area (Å²) in [4.78, 5) is 23.2. The van der Waals surface area contributed by atoms with E-state index in [4.69, 9.17) is 42.6 Å². The number of nitrogens with one attached hydrogen (secondary N) is 1. The van der Waals surface area contributed by atoms with Crippen molar-refractivity contribution in [3.05, 3.63) is 0 Å². The van der Waals surface area contributed by atoms with Crippen molar-refractivity contribution in [2.45, 2.75) is 362 Å². The molecule has 3 aliphatic rings. The molecular formula is C97H219N11O9. The van der Waals surface area contributed by atoms with E-state index in [2.05, 4.69) is 346 Å². The van der Waals surface area contributed by atoms with Crippen molar-refractivity contribution < 1.29 is 42.6 Å². The molecule has 0 aromatic rings. The molecule has 0 amide bonds. The van der Waals surface area contributed by atoms with Gasteiger partial charge < -0.3 is 96.9 Å². The van der Waals surface area contributed by atoms with Crippen molar-refractivity contribution in [1.82, 2.24) is 54.3 Å². The van der Waals surface area contributed by atoms with Crippen LogP contribution in [0.25, 0.3) is 0 Å². The third-order valence-electron chi connectivity index (χ3n) is 18.6. The largest absolute Gasteiger partial charge is 0.383 e. The molecule has 0 aliphatic carbocycles. The van der Waals surface area contributed by atoms with E-state index < -0.39 is 0 Å². The molecule has 1 N–H and O–H groups in total. The van der Waals surface area contributed by atoms with Crippen LogP contribution in [0.15, 0.2) is 0 Å². The molecule has 0 radical (unpaired) electrons. The highest BCUT2D eigenvalue weighted by atomic mass is 16.5. The maximum atomic E-state index is 5.83. The van der Waals surface area contributed by atoms with Gasteiger partial charge in [0.25, 0.3) is 0 Å². The predicted octanol–water partition coefficient (Wildman–Crippen LogP) is 18.8. The summed E-state index contributed by atoms with van der Waals surface area (Å²) in [5, 5.41) is 3.45. The number of hydrogen-bond donors (Lipinski definition) is 1. The minimum absolute atomic E-state index is 0.00851. The van der Waals surface area contributed by atoms with Gasteiger partial charge in [-0.2, -0.15) is 0 Å². The quantitative estimate of drug-likeness (QED) is 0.0588. The van der Waals surface area contributed by atoms with E-state index in [1.165, 1.54) is 97.2 Å². The normalized spacial score (nSPS) is 17.0. The van der Waals surface area contributed by atoms with Gasteiger partial charge in [-0.1, -0.05) is 54.9 Å². The van der Waals surface area contributed by atoms with Crippen LogP contribution in [0.5, 0.6) is 0 Å². The Morgan fingerprint density at radius 2 is 0.675 bits per heavy atom. The molecule has 20 nitrogen and oxygen atoms in total. The van der Waals surface area contributed by atoms with Gasteiger partial charge >= 0.3 is 0 Å². The Morgan fingerprint density at radius 3 is 1.03 bits per heavy atom. The monoisotopic (exact) mass is 1680 g/mol. The topological polar surface area (TPSA) is 127 Å². The number of rotatable bonds is 38. The molecule has 20 heteroatoms. The number of methoxy groups -OCH3 is 1. The van der Waals surface area contributed by atoms with Crippen molar-refractivity contribution in [1.29, 1.82) is 0 Å². The molecule has 0 saturated carbocycles. The van der Waals surface area contributed by atoms with Crippen LogP contribution in [0.1, 0.15) is 306 Å². The maximum absolute atomic E-state index is 5.83. The molecule has 716 valence electrons. The number of piperidine rings is 3. The number of hydrogen-bond acceptors (Lipinski definition) is 20. The first kappa shape index (κ1) is 129. The lowest BCUT2D eigenvalue weighted by molar-refractivity contribution is -0.0380. The maximum Gasteiger partial charge on any atom is 0.0628 e. The van der Waals surface area contributed by atoms with E-state index in [0.717, 1.165) is 176 Å². The zero-order valence-electron chi connectivity index (χ0n) is 88.2. The van der Waals surface area contributed by atoms with Gasteiger partial charge in [0.1, 0.15) is 0 Å². The van der Waals surface area contributed by atoms with Gasteiger partial charge in [0.15, 0.2) is 0 Å². The average molecular weight is 1680 g/mol. The van der Waals surface area contributed by atoms with Crippen molar-refractivity contribution in [2.75, 3.05) is 268 Å². The second-order valence-corrected chi connectivity index (χ2v) is 42.2. The van der Waals surface area contributed by atoms with Crippen LogP contribution >= 0.6 is 0 Å². The minimum Gasteiger partial charge on any atom is -0.383 e. The first-order chi connectivity index (χ1) is 53.5. The summed E-state index contributed by atoms with van der Waals surface area (Å²) in [6.45, 7) is 103. The van der Waals surface area contributed by atoms with E-state index >= 15 is 0 Å². The van der Waals surface area contributed by atoms with Crippen LogP contribution in [-0.4, -0.2) is 373 Å². The third-order valence-corrected chi connectivity index (χ3v) is 18.6. The lowest BCUT2D eigenvalue weighted by Gasteiger charge is -2.34. The molecule has 3 atom stereocenters. The fourth-order valence-corrected chi connectivity index (χ4v) is 11.1. The van der Waals surface area contributed by atoms with Crippen molar-refractivity contribution in [2.24, 2.45) is 11.8 Å². The highest BCUT2D eigenvalue weighted by Crippen LogP contribution is 2.22. The van der Waals surface area contributed by atoms with Gasteiger partial charge in [0.05, 0.1) is 84.4 Å². The second-order valence-electron chi connectivity index (χ2n) is 42.2. The van der Waals surface area contributed by atoms with Crippen molar-refractivity contribution >= 4 is 0 Å². The predicted molar refractivity (Wildman–Crippen MR) is 517 cm³/mol. The average Bonchev–Trinajstić information content (AvgIpc) is 0.882. The lowest BCUT2D eigenvalue weighted by atomic mass is 9.99. The van der Waals surface area contributed by atoms with E-state index in [1.54, 1.807) is 7.11 Å². The van der Waals surface area contributed by atoms with E-state index in [1.807, 2.05) is 14.1 Å². The molecule has 3 unspecified atom stereocenters. The molecule has 0 aromatic carbocycles. The van der Waals surface area contributed by atoms with Crippen LogP contribution in [0.4, 0.5) is 0 Å². The number of likely N-dealkylation sites (N-methyl/N-ethyl adjacent to an activating group) is 4. The Hall–Kier alpha value is -0.800. The smallest absolute Gasteiger partial charge is 0.0628 e. The first-order valence-electron chi connectivity index (χ1n) is 46.7. The van der Waals surface area contributed by atoms with Crippen molar-refractivity contribution in [3.63, 3.8) is 0 Å². The Labute approximate surface area is 735 Å². The molecule has 3 aliphatic heterocycles. The molecule has 0 aromatic heterocycles. The van der Waals surface area contributed by atoms with Gasteiger partial charge in [0, 0.05) is 84.3 Å². The van der Waals surface area contributed by atoms with E-state index in [0.29, 0.717) is 6.04 Å². The Morgan fingerprint density at radius 1 is 0.325 bits per heavy atom. The van der Waals surface area contributed by atoms with Gasteiger partial charge in [-0.25, -0.2) is 0 Å². The summed E-state index contributed by atoms with van der Waals surface area (Å²) >= 11 is 0. The van der Waals surface area contributed by atoms with Crippen LogP contribution in [-0.2, 0) is 42.6 Å². The van der Waals surface area contributed by atoms with Crippen LogP contribution in [0, 0.1) is 11.8 Å².